The van der Waals surface area contributed by atoms with E-state index in [1.807, 2.05) is 0 Å². The largest absolute Gasteiger partial charge is 0.459 e. The number of halogens is 2. The summed E-state index contributed by atoms with van der Waals surface area (Å²) in [6, 6.07) is 3.15. The molecule has 0 aromatic carbocycles. The van der Waals surface area contributed by atoms with Crippen LogP contribution in [0.4, 0.5) is 8.78 Å². The lowest BCUT2D eigenvalue weighted by molar-refractivity contribution is -0.0389. The fraction of sp³-hybridized carbons (Fsp3) is 0.500. The summed E-state index contributed by atoms with van der Waals surface area (Å²) in [6.45, 7) is 0.0649. The van der Waals surface area contributed by atoms with Crippen LogP contribution in [0.1, 0.15) is 53.9 Å². The van der Waals surface area contributed by atoms with Gasteiger partial charge in [0.05, 0.1) is 12.8 Å². The highest BCUT2D eigenvalue weighted by Crippen LogP contribution is 2.39. The number of rotatable bonds is 4. The summed E-state index contributed by atoms with van der Waals surface area (Å²) in [4.78, 5) is 15.8. The maximum atomic E-state index is 13.1. The monoisotopic (exact) mass is 311 g/mol. The zero-order valence-corrected chi connectivity index (χ0v) is 11.7. The van der Waals surface area contributed by atoms with Crippen molar-refractivity contribution in [3.05, 3.63) is 35.9 Å². The Hall–Kier alpha value is -2.25. The highest BCUT2D eigenvalue weighted by molar-refractivity contribution is 5.91. The second-order valence-corrected chi connectivity index (χ2v) is 5.34. The number of hydrogen-bond donors (Lipinski definition) is 1. The summed E-state index contributed by atoms with van der Waals surface area (Å²) >= 11 is 0. The first kappa shape index (κ1) is 14.7. The van der Waals surface area contributed by atoms with E-state index in [-0.39, 0.29) is 42.9 Å². The zero-order chi connectivity index (χ0) is 15.6. The predicted octanol–water partition coefficient (Wildman–Crippen LogP) is 2.89. The fourth-order valence-electron chi connectivity index (χ4n) is 2.45. The summed E-state index contributed by atoms with van der Waals surface area (Å²) in [6.07, 6.45) is 1.77. The minimum Gasteiger partial charge on any atom is -0.459 e. The van der Waals surface area contributed by atoms with Crippen LogP contribution in [0, 0.1) is 0 Å². The number of carbonyl (C=O) groups excluding carboxylic acids is 1. The number of carbonyl (C=O) groups is 1. The molecule has 0 spiro atoms. The molecular weight excluding hydrogens is 296 g/mol. The molecule has 2 aromatic heterocycles. The summed E-state index contributed by atoms with van der Waals surface area (Å²) < 4.78 is 36.2. The Balaban J connectivity index is 1.54. The van der Waals surface area contributed by atoms with Gasteiger partial charge in [-0.15, -0.1) is 0 Å². The number of alkyl halides is 2. The number of furan rings is 1. The molecule has 1 N–H and O–H groups in total. The van der Waals surface area contributed by atoms with Crippen molar-refractivity contribution in [2.75, 3.05) is 0 Å². The van der Waals surface area contributed by atoms with Gasteiger partial charge in [0.25, 0.3) is 5.91 Å². The SMILES string of the molecule is O=C(NCc1nc(C2CCC(F)(F)CC2)no1)c1ccco1. The fourth-order valence-corrected chi connectivity index (χ4v) is 2.45. The first-order chi connectivity index (χ1) is 10.5. The molecule has 1 amide bonds. The van der Waals surface area contributed by atoms with Crippen LogP contribution in [0.25, 0.3) is 0 Å². The first-order valence-electron chi connectivity index (χ1n) is 7.05. The van der Waals surface area contributed by atoms with Crippen LogP contribution in [0.15, 0.2) is 27.3 Å². The van der Waals surface area contributed by atoms with E-state index in [0.717, 1.165) is 0 Å². The second kappa shape index (κ2) is 5.86. The first-order valence-corrected chi connectivity index (χ1v) is 7.05. The number of aromatic nitrogens is 2. The molecule has 8 heteroatoms. The molecule has 0 saturated heterocycles. The molecule has 0 aliphatic heterocycles. The highest BCUT2D eigenvalue weighted by atomic mass is 19.3. The van der Waals surface area contributed by atoms with E-state index in [0.29, 0.717) is 18.7 Å². The molecule has 0 unspecified atom stereocenters. The molecule has 1 aliphatic rings. The second-order valence-electron chi connectivity index (χ2n) is 5.34. The molecule has 6 nitrogen and oxygen atoms in total. The molecule has 3 rings (SSSR count). The van der Waals surface area contributed by atoms with Gasteiger partial charge < -0.3 is 14.3 Å². The number of hydrogen-bond acceptors (Lipinski definition) is 5. The average Bonchev–Trinajstić information content (AvgIpc) is 3.16. The maximum Gasteiger partial charge on any atom is 0.287 e. The molecule has 1 saturated carbocycles. The van der Waals surface area contributed by atoms with Crippen molar-refractivity contribution >= 4 is 5.91 Å². The van der Waals surface area contributed by atoms with Gasteiger partial charge in [-0.2, -0.15) is 4.98 Å². The van der Waals surface area contributed by atoms with Gasteiger partial charge >= 0.3 is 0 Å². The number of nitrogens with one attached hydrogen (secondary N) is 1. The van der Waals surface area contributed by atoms with Crippen LogP contribution in [-0.4, -0.2) is 22.0 Å². The van der Waals surface area contributed by atoms with Crippen LogP contribution >= 0.6 is 0 Å². The Morgan fingerprint density at radius 3 is 2.86 bits per heavy atom. The van der Waals surface area contributed by atoms with Gasteiger partial charge in [-0.3, -0.25) is 4.79 Å². The van der Waals surface area contributed by atoms with Crippen molar-refractivity contribution in [1.29, 1.82) is 0 Å². The molecule has 1 aliphatic carbocycles. The van der Waals surface area contributed by atoms with Crippen molar-refractivity contribution in [3.8, 4) is 0 Å². The quantitative estimate of drug-likeness (QED) is 0.939. The molecule has 22 heavy (non-hydrogen) atoms. The molecule has 1 fully saturated rings. The van der Waals surface area contributed by atoms with Crippen molar-refractivity contribution < 1.29 is 22.5 Å². The van der Waals surface area contributed by atoms with Gasteiger partial charge in [-0.1, -0.05) is 5.16 Å². The van der Waals surface area contributed by atoms with Gasteiger partial charge in [0, 0.05) is 18.8 Å². The van der Waals surface area contributed by atoms with Crippen molar-refractivity contribution in [2.45, 2.75) is 44.1 Å². The molecule has 2 heterocycles. The topological polar surface area (TPSA) is 81.2 Å². The maximum absolute atomic E-state index is 13.1. The lowest BCUT2D eigenvalue weighted by atomic mass is 9.86. The van der Waals surface area contributed by atoms with Crippen molar-refractivity contribution in [3.63, 3.8) is 0 Å². The van der Waals surface area contributed by atoms with E-state index in [1.165, 1.54) is 12.3 Å². The minimum absolute atomic E-state index is 0.0649. The molecule has 0 radical (unpaired) electrons. The van der Waals surface area contributed by atoms with Gasteiger partial charge in [-0.05, 0) is 25.0 Å². The number of amides is 1. The van der Waals surface area contributed by atoms with Crippen LogP contribution in [-0.2, 0) is 6.54 Å². The Kier molecular flexibility index (Phi) is 3.91. The van der Waals surface area contributed by atoms with Crippen LogP contribution < -0.4 is 5.32 Å². The normalized spacial score (nSPS) is 18.3. The van der Waals surface area contributed by atoms with E-state index < -0.39 is 5.92 Å². The standard InChI is InChI=1S/C14H15F2N3O3/c15-14(16)5-3-9(4-6-14)12-18-11(22-19-12)8-17-13(20)10-2-1-7-21-10/h1-2,7,9H,3-6,8H2,(H,17,20). The Morgan fingerprint density at radius 2 is 2.18 bits per heavy atom. The van der Waals surface area contributed by atoms with Crippen LogP contribution in [0.3, 0.4) is 0 Å². The molecule has 0 atom stereocenters. The van der Waals surface area contributed by atoms with Gasteiger partial charge in [0.2, 0.25) is 11.8 Å². The van der Waals surface area contributed by atoms with E-state index >= 15 is 0 Å². The summed E-state index contributed by atoms with van der Waals surface area (Å²) in [7, 11) is 0. The summed E-state index contributed by atoms with van der Waals surface area (Å²) in [5, 5.41) is 6.40. The van der Waals surface area contributed by atoms with E-state index in [9.17, 15) is 13.6 Å². The molecule has 118 valence electrons. The van der Waals surface area contributed by atoms with Crippen LogP contribution in [0.2, 0.25) is 0 Å². The zero-order valence-electron chi connectivity index (χ0n) is 11.7. The number of nitrogens with zero attached hydrogens (tertiary/aromatic N) is 2. The molecule has 0 bridgehead atoms. The third-order valence-corrected chi connectivity index (χ3v) is 3.71. The smallest absolute Gasteiger partial charge is 0.287 e. The lowest BCUT2D eigenvalue weighted by Crippen LogP contribution is -2.24. The Bertz CT molecular complexity index is 630. The van der Waals surface area contributed by atoms with E-state index in [1.54, 1.807) is 6.07 Å². The van der Waals surface area contributed by atoms with E-state index in [4.69, 9.17) is 8.94 Å². The lowest BCUT2D eigenvalue weighted by Gasteiger charge is -2.26. The van der Waals surface area contributed by atoms with Crippen molar-refractivity contribution in [1.82, 2.24) is 15.5 Å². The van der Waals surface area contributed by atoms with Gasteiger partial charge in [0.1, 0.15) is 0 Å². The van der Waals surface area contributed by atoms with Crippen molar-refractivity contribution in [2.24, 2.45) is 0 Å². The molecular formula is C14H15F2N3O3. The van der Waals surface area contributed by atoms with Gasteiger partial charge in [-0.25, -0.2) is 8.78 Å². The third kappa shape index (κ3) is 3.32. The molecule has 2 aromatic rings. The van der Waals surface area contributed by atoms with Crippen LogP contribution in [0.5, 0.6) is 0 Å². The highest BCUT2D eigenvalue weighted by Gasteiger charge is 2.36. The predicted molar refractivity (Wildman–Crippen MR) is 70.3 cm³/mol. The Labute approximate surface area is 124 Å². The Morgan fingerprint density at radius 1 is 1.41 bits per heavy atom. The third-order valence-electron chi connectivity index (χ3n) is 3.71. The van der Waals surface area contributed by atoms with E-state index in [2.05, 4.69) is 15.5 Å². The van der Waals surface area contributed by atoms with Gasteiger partial charge in [0.15, 0.2) is 11.6 Å². The summed E-state index contributed by atoms with van der Waals surface area (Å²) in [5.41, 5.74) is 0. The minimum atomic E-state index is -2.58. The summed E-state index contributed by atoms with van der Waals surface area (Å²) in [5.74, 6) is -2.22. The average molecular weight is 311 g/mol.